The molecule has 2 aromatic carbocycles. The summed E-state index contributed by atoms with van der Waals surface area (Å²) < 4.78 is 43.9. The molecule has 2 aliphatic rings. The summed E-state index contributed by atoms with van der Waals surface area (Å²) in [7, 11) is 0. The number of hydrogen-bond acceptors (Lipinski definition) is 6. The third-order valence-corrected chi connectivity index (χ3v) is 8.51. The number of benzene rings is 2. The van der Waals surface area contributed by atoms with E-state index in [1.54, 1.807) is 19.1 Å². The van der Waals surface area contributed by atoms with Gasteiger partial charge in [-0.25, -0.2) is 18.2 Å². The van der Waals surface area contributed by atoms with Crippen LogP contribution in [0, 0.1) is 29.9 Å². The van der Waals surface area contributed by atoms with Crippen molar-refractivity contribution in [2.45, 2.75) is 75.8 Å². The summed E-state index contributed by atoms with van der Waals surface area (Å²) in [5, 5.41) is 23.1. The molecule has 44 heavy (non-hydrogen) atoms. The van der Waals surface area contributed by atoms with Gasteiger partial charge in [0.1, 0.15) is 35.3 Å². The zero-order valence-corrected chi connectivity index (χ0v) is 24.5. The molecule has 1 aliphatic carbocycles. The topological polar surface area (TPSA) is 110 Å². The standard InChI is InChI=1S/C33H34F3N5O3/c1-20-5-3-4-6-27(20)30(31(43)39-24-7-10-33(2,36)11-8-24)40(25-15-22(34)14-23(35)16-25)19-26-17-28(42)32(44)41(26)29-13-21(18-37)9-12-38-29/h3-6,9,12-16,24,26,28,30,42H,7-8,10-11,17,19H2,1-2H3,(H,39,43). The second kappa shape index (κ2) is 12.7. The molecule has 1 saturated carbocycles. The predicted octanol–water partition coefficient (Wildman–Crippen LogP) is 5.04. The lowest BCUT2D eigenvalue weighted by molar-refractivity contribution is -0.124. The lowest BCUT2D eigenvalue weighted by Crippen LogP contribution is -2.50. The monoisotopic (exact) mass is 605 g/mol. The van der Waals surface area contributed by atoms with Crippen LogP contribution >= 0.6 is 0 Å². The van der Waals surface area contributed by atoms with Crippen molar-refractivity contribution in [2.24, 2.45) is 0 Å². The van der Waals surface area contributed by atoms with Crippen molar-refractivity contribution in [2.75, 3.05) is 16.3 Å². The van der Waals surface area contributed by atoms with Gasteiger partial charge in [0.2, 0.25) is 5.91 Å². The van der Waals surface area contributed by atoms with Crippen LogP contribution in [0.1, 0.15) is 61.8 Å². The van der Waals surface area contributed by atoms with Crippen LogP contribution in [0.5, 0.6) is 0 Å². The van der Waals surface area contributed by atoms with E-state index < -0.39 is 47.3 Å². The van der Waals surface area contributed by atoms with Gasteiger partial charge in [0.25, 0.3) is 5.91 Å². The first kappa shape index (κ1) is 31.0. The number of anilines is 2. The van der Waals surface area contributed by atoms with Crippen molar-refractivity contribution in [1.29, 1.82) is 5.26 Å². The number of carbonyl (C=O) groups excluding carboxylic acids is 2. The highest BCUT2D eigenvalue weighted by Gasteiger charge is 2.43. The summed E-state index contributed by atoms with van der Waals surface area (Å²) in [6, 6.07) is 12.8. The van der Waals surface area contributed by atoms with E-state index in [0.717, 1.165) is 23.8 Å². The van der Waals surface area contributed by atoms with Gasteiger partial charge in [0.05, 0.1) is 17.7 Å². The van der Waals surface area contributed by atoms with Crippen molar-refractivity contribution >= 4 is 23.3 Å². The molecule has 5 rings (SSSR count). The minimum atomic E-state index is -1.39. The number of nitriles is 1. The number of carbonyl (C=O) groups is 2. The number of rotatable bonds is 8. The molecule has 0 radical (unpaired) electrons. The molecule has 2 amide bonds. The van der Waals surface area contributed by atoms with Crippen LogP contribution in [0.3, 0.4) is 0 Å². The van der Waals surface area contributed by atoms with Gasteiger partial charge < -0.3 is 15.3 Å². The average molecular weight is 606 g/mol. The molecule has 3 unspecified atom stereocenters. The number of aryl methyl sites for hydroxylation is 1. The molecule has 0 bridgehead atoms. The van der Waals surface area contributed by atoms with E-state index in [2.05, 4.69) is 10.3 Å². The Bertz CT molecular complexity index is 1560. The number of alkyl halides is 1. The Morgan fingerprint density at radius 1 is 1.18 bits per heavy atom. The van der Waals surface area contributed by atoms with E-state index >= 15 is 0 Å². The molecule has 1 aromatic heterocycles. The zero-order chi connectivity index (χ0) is 31.6. The molecule has 11 heteroatoms. The van der Waals surface area contributed by atoms with Crippen LogP contribution in [-0.2, 0) is 9.59 Å². The van der Waals surface area contributed by atoms with E-state index in [4.69, 9.17) is 0 Å². The third kappa shape index (κ3) is 6.70. The van der Waals surface area contributed by atoms with Crippen molar-refractivity contribution in [1.82, 2.24) is 10.3 Å². The van der Waals surface area contributed by atoms with Crippen LogP contribution in [0.2, 0.25) is 0 Å². The number of aromatic nitrogens is 1. The smallest absolute Gasteiger partial charge is 0.257 e. The first-order valence-electron chi connectivity index (χ1n) is 14.6. The highest BCUT2D eigenvalue weighted by molar-refractivity contribution is 5.99. The highest BCUT2D eigenvalue weighted by atomic mass is 19.1. The second-order valence-corrected chi connectivity index (χ2v) is 11.9. The van der Waals surface area contributed by atoms with Crippen LogP contribution in [0.15, 0.2) is 60.8 Å². The largest absolute Gasteiger partial charge is 0.383 e. The molecular weight excluding hydrogens is 571 g/mol. The van der Waals surface area contributed by atoms with E-state index in [0.29, 0.717) is 18.4 Å². The zero-order valence-electron chi connectivity index (χ0n) is 24.5. The molecule has 3 aromatic rings. The predicted molar refractivity (Wildman–Crippen MR) is 158 cm³/mol. The maximum Gasteiger partial charge on any atom is 0.257 e. The van der Waals surface area contributed by atoms with Gasteiger partial charge in [0.15, 0.2) is 0 Å². The number of halogens is 3. The fourth-order valence-electron chi connectivity index (χ4n) is 6.16. The van der Waals surface area contributed by atoms with E-state index in [1.165, 1.54) is 28.1 Å². The highest BCUT2D eigenvalue weighted by Crippen LogP contribution is 2.36. The molecular formula is C33H34F3N5O3. The lowest BCUT2D eigenvalue weighted by Gasteiger charge is -2.39. The fraction of sp³-hybridized carbons (Fsp3) is 0.394. The normalized spacial score (nSPS) is 24.1. The first-order valence-corrected chi connectivity index (χ1v) is 14.6. The number of pyridine rings is 1. The first-order chi connectivity index (χ1) is 21.0. The Balaban J connectivity index is 1.58. The maximum atomic E-state index is 14.7. The van der Waals surface area contributed by atoms with Crippen LogP contribution in [0.4, 0.5) is 24.7 Å². The van der Waals surface area contributed by atoms with Crippen molar-refractivity contribution < 1.29 is 27.9 Å². The molecule has 1 aliphatic heterocycles. The Hall–Kier alpha value is -4.43. The second-order valence-electron chi connectivity index (χ2n) is 11.9. The van der Waals surface area contributed by atoms with Crippen LogP contribution in [-0.4, -0.2) is 52.3 Å². The Labute approximate surface area is 254 Å². The summed E-state index contributed by atoms with van der Waals surface area (Å²) in [5.74, 6) is -2.67. The van der Waals surface area contributed by atoms with Crippen LogP contribution < -0.4 is 15.1 Å². The van der Waals surface area contributed by atoms with Gasteiger partial charge in [-0.15, -0.1) is 0 Å². The number of nitrogens with zero attached hydrogens (tertiary/aromatic N) is 4. The van der Waals surface area contributed by atoms with Gasteiger partial charge in [0, 0.05) is 37.0 Å². The minimum absolute atomic E-state index is 0.0502. The van der Waals surface area contributed by atoms with Crippen molar-refractivity contribution in [3.8, 4) is 6.07 Å². The maximum absolute atomic E-state index is 14.7. The Morgan fingerprint density at radius 2 is 1.86 bits per heavy atom. The summed E-state index contributed by atoms with van der Waals surface area (Å²) in [6.07, 6.45) is 1.39. The van der Waals surface area contributed by atoms with Crippen molar-refractivity contribution in [3.63, 3.8) is 0 Å². The number of hydrogen-bond donors (Lipinski definition) is 2. The number of nitrogens with one attached hydrogen (secondary N) is 1. The number of amides is 2. The van der Waals surface area contributed by atoms with E-state index in [9.17, 15) is 33.1 Å². The molecule has 3 atom stereocenters. The molecule has 2 N–H and O–H groups in total. The Morgan fingerprint density at radius 3 is 2.52 bits per heavy atom. The molecule has 2 fully saturated rings. The Kier molecular flexibility index (Phi) is 8.92. The van der Waals surface area contributed by atoms with Gasteiger partial charge in [-0.2, -0.15) is 5.26 Å². The molecule has 230 valence electrons. The van der Waals surface area contributed by atoms with E-state index in [-0.39, 0.29) is 48.9 Å². The summed E-state index contributed by atoms with van der Waals surface area (Å²) in [5.41, 5.74) is 0.316. The van der Waals surface area contributed by atoms with Crippen molar-refractivity contribution in [3.05, 3.63) is 89.1 Å². The SMILES string of the molecule is Cc1ccccc1C(C(=O)NC1CCC(C)(F)CC1)N(CC1CC(O)C(=O)N1c1cc(C#N)ccn1)c1cc(F)cc(F)c1. The summed E-state index contributed by atoms with van der Waals surface area (Å²) in [4.78, 5) is 34.5. The lowest BCUT2D eigenvalue weighted by atomic mass is 9.84. The number of aliphatic hydroxyl groups is 1. The fourth-order valence-corrected chi connectivity index (χ4v) is 6.16. The average Bonchev–Trinajstić information content (AvgIpc) is 3.26. The molecule has 1 saturated heterocycles. The van der Waals surface area contributed by atoms with Gasteiger partial charge in [-0.3, -0.25) is 14.5 Å². The molecule has 8 nitrogen and oxygen atoms in total. The number of aliphatic hydroxyl groups excluding tert-OH is 1. The summed E-state index contributed by atoms with van der Waals surface area (Å²) >= 11 is 0. The molecule has 0 spiro atoms. The molecule has 2 heterocycles. The minimum Gasteiger partial charge on any atom is -0.383 e. The van der Waals surface area contributed by atoms with Gasteiger partial charge in [-0.1, -0.05) is 24.3 Å². The van der Waals surface area contributed by atoms with Gasteiger partial charge >= 0.3 is 0 Å². The van der Waals surface area contributed by atoms with Crippen LogP contribution in [0.25, 0.3) is 0 Å². The van der Waals surface area contributed by atoms with Gasteiger partial charge in [-0.05, 0) is 74.9 Å². The summed E-state index contributed by atoms with van der Waals surface area (Å²) in [6.45, 7) is 3.25. The quantitative estimate of drug-likeness (QED) is 0.373. The van der Waals surface area contributed by atoms with E-state index in [1.807, 2.05) is 25.1 Å². The third-order valence-electron chi connectivity index (χ3n) is 8.51.